The summed E-state index contributed by atoms with van der Waals surface area (Å²) in [4.78, 5) is 46.6. The van der Waals surface area contributed by atoms with E-state index in [2.05, 4.69) is 34.6 Å². The molecule has 2 aromatic heterocycles. The minimum Gasteiger partial charge on any atom is -0.465 e. The van der Waals surface area contributed by atoms with Crippen LogP contribution >= 0.6 is 0 Å². The maximum atomic E-state index is 12.9. The molecule has 12 nitrogen and oxygen atoms in total. The molecule has 0 aliphatic rings. The first-order valence-electron chi connectivity index (χ1n) is 15.0. The number of aliphatic imine (C=N–C) groups is 1. The van der Waals surface area contributed by atoms with Gasteiger partial charge in [-0.05, 0) is 66.1 Å². The second-order valence-corrected chi connectivity index (χ2v) is 11.0. The molecule has 1 atom stereocenters. The van der Waals surface area contributed by atoms with Crippen LogP contribution in [0.1, 0.15) is 31.4 Å². The molecule has 0 spiro atoms. The van der Waals surface area contributed by atoms with Gasteiger partial charge in [-0.25, -0.2) is 9.48 Å². The Labute approximate surface area is 265 Å². The first kappa shape index (κ1) is 31.6. The second-order valence-electron chi connectivity index (χ2n) is 11.0. The Kier molecular flexibility index (Phi) is 9.86. The van der Waals surface area contributed by atoms with E-state index >= 15 is 0 Å². The van der Waals surface area contributed by atoms with E-state index in [1.807, 2.05) is 65.5 Å². The van der Waals surface area contributed by atoms with Gasteiger partial charge < -0.3 is 16.6 Å². The molecular weight excluding hydrogens is 584 g/mol. The zero-order valence-electron chi connectivity index (χ0n) is 25.5. The molecule has 0 bridgehead atoms. The van der Waals surface area contributed by atoms with Gasteiger partial charge >= 0.3 is 6.09 Å². The average molecular weight is 621 g/mol. The maximum absolute atomic E-state index is 12.9. The summed E-state index contributed by atoms with van der Waals surface area (Å²) in [5.41, 5.74) is 13.9. The molecule has 0 saturated heterocycles. The number of guanidine groups is 1. The lowest BCUT2D eigenvalue weighted by molar-refractivity contribution is -0.133. The normalized spacial score (nSPS) is 11.7. The Morgan fingerprint density at radius 2 is 1.63 bits per heavy atom. The summed E-state index contributed by atoms with van der Waals surface area (Å²) in [7, 11) is 1.28. The molecule has 6 N–H and O–H groups in total. The number of nitrogens with zero attached hydrogens (tertiary/aromatic N) is 5. The molecule has 236 valence electrons. The van der Waals surface area contributed by atoms with Crippen LogP contribution < -0.4 is 16.8 Å². The van der Waals surface area contributed by atoms with Crippen LogP contribution in [-0.2, 0) is 16.0 Å². The molecule has 0 saturated carbocycles. The maximum Gasteiger partial charge on any atom is 0.407 e. The number of likely N-dealkylation sites (N-methyl/N-ethyl adjacent to an activating group) is 1. The zero-order valence-corrected chi connectivity index (χ0v) is 25.5. The predicted molar refractivity (Wildman–Crippen MR) is 177 cm³/mol. The second kappa shape index (κ2) is 14.3. The number of hydrogen-bond donors (Lipinski definition) is 4. The Morgan fingerprint density at radius 3 is 2.35 bits per heavy atom. The first-order valence-corrected chi connectivity index (χ1v) is 15.0. The predicted octanol–water partition coefficient (Wildman–Crippen LogP) is 4.24. The van der Waals surface area contributed by atoms with Gasteiger partial charge in [-0.15, -0.1) is 0 Å². The number of fused-ring (bicyclic) bond motifs is 2. The van der Waals surface area contributed by atoms with Gasteiger partial charge in [-0.2, -0.15) is 5.10 Å². The highest BCUT2D eigenvalue weighted by Crippen LogP contribution is 2.28. The highest BCUT2D eigenvalue weighted by molar-refractivity contribution is 5.98. The van der Waals surface area contributed by atoms with Crippen LogP contribution in [0.25, 0.3) is 38.6 Å². The summed E-state index contributed by atoms with van der Waals surface area (Å²) in [6.07, 6.45) is 2.01. The number of carboxylic acid groups (broad SMARTS) is 1. The minimum absolute atomic E-state index is 0.0512. The van der Waals surface area contributed by atoms with Crippen molar-refractivity contribution in [1.29, 1.82) is 0 Å². The molecule has 46 heavy (non-hydrogen) atoms. The standard InChI is InChI=1S/C34H36N8O4/c1-41(34(45)46)29(13-7-17-37-33(35)36)32(44)39-31(43)14-6-12-26-20-30(28-19-24-10-4-5-11-25(24)21-38-28)42(40-26)27-16-15-22-8-2-3-9-23(22)18-27/h2-5,8-11,15-16,18-21,29H,6-7,12-14,17H2,1H3,(H,45,46)(H4,35,36,37)(H,39,43,44)/t29-/m0/s1. The van der Waals surface area contributed by atoms with Gasteiger partial charge in [0.2, 0.25) is 11.8 Å². The number of aromatic nitrogens is 3. The quantitative estimate of drug-likeness (QED) is 0.0907. The average Bonchev–Trinajstić information content (AvgIpc) is 3.48. The van der Waals surface area contributed by atoms with E-state index in [1.165, 1.54) is 7.05 Å². The molecule has 0 aliphatic carbocycles. The van der Waals surface area contributed by atoms with Crippen molar-refractivity contribution in [2.24, 2.45) is 16.5 Å². The molecule has 3 amide bonds. The van der Waals surface area contributed by atoms with Gasteiger partial charge in [0, 0.05) is 31.6 Å². The van der Waals surface area contributed by atoms with Crippen LogP contribution in [0.3, 0.4) is 0 Å². The molecule has 2 heterocycles. The SMILES string of the molecule is CN(C(=O)O)[C@@H](CCCN=C(N)N)C(=O)NC(=O)CCCc1cc(-c2cc3ccccc3cn2)n(-c2ccc3ccccc3c2)n1. The molecular formula is C34H36N8O4. The van der Waals surface area contributed by atoms with Crippen LogP contribution in [-0.4, -0.2) is 68.3 Å². The number of rotatable bonds is 12. The number of imide groups is 1. The summed E-state index contributed by atoms with van der Waals surface area (Å²) in [6.45, 7) is 0.232. The summed E-state index contributed by atoms with van der Waals surface area (Å²) >= 11 is 0. The van der Waals surface area contributed by atoms with Crippen LogP contribution in [0, 0.1) is 0 Å². The Morgan fingerprint density at radius 1 is 0.935 bits per heavy atom. The third kappa shape index (κ3) is 7.65. The van der Waals surface area contributed by atoms with E-state index in [0.29, 0.717) is 19.3 Å². The lowest BCUT2D eigenvalue weighted by atomic mass is 10.1. The van der Waals surface area contributed by atoms with Crippen molar-refractivity contribution in [1.82, 2.24) is 25.0 Å². The lowest BCUT2D eigenvalue weighted by Gasteiger charge is -2.24. The van der Waals surface area contributed by atoms with Crippen molar-refractivity contribution in [3.8, 4) is 17.1 Å². The zero-order chi connectivity index (χ0) is 32.6. The first-order chi connectivity index (χ1) is 22.2. The highest BCUT2D eigenvalue weighted by atomic mass is 16.4. The van der Waals surface area contributed by atoms with Crippen LogP contribution in [0.15, 0.2) is 90.1 Å². The van der Waals surface area contributed by atoms with Crippen molar-refractivity contribution < 1.29 is 19.5 Å². The summed E-state index contributed by atoms with van der Waals surface area (Å²) in [5, 5.41) is 21.0. The molecule has 0 unspecified atom stereocenters. The van der Waals surface area contributed by atoms with Gasteiger partial charge in [0.05, 0.1) is 22.8 Å². The monoisotopic (exact) mass is 620 g/mol. The van der Waals surface area contributed by atoms with Crippen LogP contribution in [0.2, 0.25) is 0 Å². The molecule has 0 radical (unpaired) electrons. The van der Waals surface area contributed by atoms with Crippen molar-refractivity contribution in [2.75, 3.05) is 13.6 Å². The van der Waals surface area contributed by atoms with E-state index in [1.54, 1.807) is 0 Å². The van der Waals surface area contributed by atoms with E-state index in [4.69, 9.17) is 21.5 Å². The summed E-state index contributed by atoms with van der Waals surface area (Å²) in [5.74, 6) is -1.28. The number of nitrogens with two attached hydrogens (primary N) is 2. The van der Waals surface area contributed by atoms with Crippen molar-refractivity contribution >= 4 is 45.4 Å². The van der Waals surface area contributed by atoms with Crippen LogP contribution in [0.5, 0.6) is 0 Å². The molecule has 3 aromatic carbocycles. The largest absolute Gasteiger partial charge is 0.465 e. The smallest absolute Gasteiger partial charge is 0.407 e. The van der Waals surface area contributed by atoms with Crippen molar-refractivity contribution in [3.05, 3.63) is 90.8 Å². The topological polar surface area (TPSA) is 182 Å². The van der Waals surface area contributed by atoms with Crippen molar-refractivity contribution in [2.45, 2.75) is 38.1 Å². The third-order valence-corrected chi connectivity index (χ3v) is 7.73. The van der Waals surface area contributed by atoms with E-state index in [0.717, 1.165) is 49.2 Å². The Bertz CT molecular complexity index is 1820. The minimum atomic E-state index is -1.28. The Balaban J connectivity index is 1.30. The van der Waals surface area contributed by atoms with E-state index < -0.39 is 23.9 Å². The Hall–Kier alpha value is -5.78. The molecule has 5 aromatic rings. The number of benzene rings is 3. The number of carbonyl (C=O) groups is 3. The summed E-state index contributed by atoms with van der Waals surface area (Å²) in [6, 6.07) is 25.2. The van der Waals surface area contributed by atoms with Gasteiger partial charge in [0.15, 0.2) is 5.96 Å². The van der Waals surface area contributed by atoms with E-state index in [-0.39, 0.29) is 25.3 Å². The number of nitrogens with one attached hydrogen (secondary N) is 1. The molecule has 0 fully saturated rings. The van der Waals surface area contributed by atoms with Crippen LogP contribution in [0.4, 0.5) is 4.79 Å². The van der Waals surface area contributed by atoms with E-state index in [9.17, 15) is 19.5 Å². The molecule has 12 heteroatoms. The van der Waals surface area contributed by atoms with Gasteiger partial charge in [0.1, 0.15) is 6.04 Å². The molecule has 5 rings (SSSR count). The fraction of sp³-hybridized carbons (Fsp3) is 0.235. The van der Waals surface area contributed by atoms with Gasteiger partial charge in [0.25, 0.3) is 0 Å². The van der Waals surface area contributed by atoms with Gasteiger partial charge in [-0.3, -0.25) is 29.8 Å². The number of carbonyl (C=O) groups excluding carboxylic acids is 2. The molecule has 0 aliphatic heterocycles. The number of hydrogen-bond acceptors (Lipinski definition) is 6. The lowest BCUT2D eigenvalue weighted by Crippen LogP contribution is -2.49. The third-order valence-electron chi connectivity index (χ3n) is 7.73. The number of pyridine rings is 1. The summed E-state index contributed by atoms with van der Waals surface area (Å²) < 4.78 is 1.87. The number of amides is 3. The van der Waals surface area contributed by atoms with Crippen molar-refractivity contribution in [3.63, 3.8) is 0 Å². The number of aryl methyl sites for hydroxylation is 1. The van der Waals surface area contributed by atoms with Gasteiger partial charge in [-0.1, -0.05) is 54.6 Å². The fourth-order valence-corrected chi connectivity index (χ4v) is 5.30. The fourth-order valence-electron chi connectivity index (χ4n) is 5.30. The highest BCUT2D eigenvalue weighted by Gasteiger charge is 2.27.